The molecule has 2 amide bonds. The first-order chi connectivity index (χ1) is 16.8. The van der Waals surface area contributed by atoms with Crippen molar-refractivity contribution in [2.45, 2.75) is 39.3 Å². The quantitative estimate of drug-likeness (QED) is 0.320. The summed E-state index contributed by atoms with van der Waals surface area (Å²) in [5.41, 5.74) is 2.23. The van der Waals surface area contributed by atoms with E-state index >= 15 is 0 Å². The molecule has 3 aromatic carbocycles. The highest BCUT2D eigenvalue weighted by atomic mass is 35.5. The molecule has 0 radical (unpaired) electrons. The highest BCUT2D eigenvalue weighted by Crippen LogP contribution is 2.28. The van der Waals surface area contributed by atoms with Crippen molar-refractivity contribution < 1.29 is 9.59 Å². The number of benzene rings is 3. The van der Waals surface area contributed by atoms with E-state index in [0.717, 1.165) is 5.56 Å². The van der Waals surface area contributed by atoms with E-state index in [4.69, 9.17) is 34.8 Å². The van der Waals surface area contributed by atoms with Crippen LogP contribution in [-0.4, -0.2) is 29.3 Å². The maximum absolute atomic E-state index is 13.8. The van der Waals surface area contributed by atoms with Gasteiger partial charge >= 0.3 is 0 Å². The Kier molecular flexibility index (Phi) is 10.0. The van der Waals surface area contributed by atoms with Crippen LogP contribution in [0.4, 0.5) is 0 Å². The lowest BCUT2D eigenvalue weighted by Gasteiger charge is -2.32. The number of carbonyl (C=O) groups excluding carboxylic acids is 2. The van der Waals surface area contributed by atoms with E-state index in [2.05, 4.69) is 5.32 Å². The van der Waals surface area contributed by atoms with Gasteiger partial charge in [-0.1, -0.05) is 103 Å². The van der Waals surface area contributed by atoms with Gasteiger partial charge in [-0.15, -0.1) is 0 Å². The summed E-state index contributed by atoms with van der Waals surface area (Å²) in [6.07, 6.45) is 0.394. The number of halogens is 3. The molecule has 35 heavy (non-hydrogen) atoms. The Balaban J connectivity index is 2.02. The monoisotopic (exact) mass is 530 g/mol. The van der Waals surface area contributed by atoms with Crippen LogP contribution < -0.4 is 5.32 Å². The maximum atomic E-state index is 13.8. The van der Waals surface area contributed by atoms with Gasteiger partial charge in [-0.05, 0) is 35.2 Å². The normalized spacial score (nSPS) is 11.8. The molecule has 1 atom stereocenters. The van der Waals surface area contributed by atoms with Gasteiger partial charge < -0.3 is 10.2 Å². The van der Waals surface area contributed by atoms with Crippen LogP contribution in [0.2, 0.25) is 15.1 Å². The molecule has 0 spiro atoms. The summed E-state index contributed by atoms with van der Waals surface area (Å²) in [6.45, 7) is 4.64. The third-order valence-electron chi connectivity index (χ3n) is 5.65. The molecule has 3 aromatic rings. The molecule has 3 rings (SSSR count). The van der Waals surface area contributed by atoms with E-state index in [1.165, 1.54) is 0 Å². The number of carbonyl (C=O) groups is 2. The maximum Gasteiger partial charge on any atom is 0.243 e. The number of amides is 2. The van der Waals surface area contributed by atoms with Crippen LogP contribution >= 0.6 is 34.8 Å². The van der Waals surface area contributed by atoms with Crippen LogP contribution in [0.3, 0.4) is 0 Å². The average Bonchev–Trinajstić information content (AvgIpc) is 2.83. The molecule has 0 aliphatic rings. The fourth-order valence-corrected chi connectivity index (χ4v) is 4.46. The van der Waals surface area contributed by atoms with Gasteiger partial charge in [0.2, 0.25) is 11.8 Å². The van der Waals surface area contributed by atoms with Crippen LogP contribution in [0.1, 0.15) is 30.5 Å². The molecule has 184 valence electrons. The van der Waals surface area contributed by atoms with Crippen LogP contribution in [0, 0.1) is 5.92 Å². The fourth-order valence-electron chi connectivity index (χ4n) is 3.74. The van der Waals surface area contributed by atoms with Crippen molar-refractivity contribution in [1.82, 2.24) is 10.2 Å². The average molecular weight is 532 g/mol. The van der Waals surface area contributed by atoms with Gasteiger partial charge in [0.1, 0.15) is 6.04 Å². The summed E-state index contributed by atoms with van der Waals surface area (Å²) in [7, 11) is 0. The highest BCUT2D eigenvalue weighted by Gasteiger charge is 2.31. The molecule has 0 bridgehead atoms. The summed E-state index contributed by atoms with van der Waals surface area (Å²) in [6, 6.07) is 21.3. The molecule has 0 saturated carbocycles. The zero-order valence-corrected chi connectivity index (χ0v) is 22.1. The van der Waals surface area contributed by atoms with Crippen molar-refractivity contribution in [3.63, 3.8) is 0 Å². The van der Waals surface area contributed by atoms with Crippen molar-refractivity contribution in [1.29, 1.82) is 0 Å². The number of hydrogen-bond acceptors (Lipinski definition) is 2. The third-order valence-corrected chi connectivity index (χ3v) is 6.72. The van der Waals surface area contributed by atoms with Gasteiger partial charge in [0.25, 0.3) is 0 Å². The van der Waals surface area contributed by atoms with E-state index in [1.807, 2.05) is 62.4 Å². The van der Waals surface area contributed by atoms with Crippen molar-refractivity contribution in [3.05, 3.63) is 105 Å². The van der Waals surface area contributed by atoms with Crippen LogP contribution in [0.5, 0.6) is 0 Å². The zero-order chi connectivity index (χ0) is 25.4. The largest absolute Gasteiger partial charge is 0.354 e. The summed E-state index contributed by atoms with van der Waals surface area (Å²) in [5.74, 6) is -0.199. The van der Waals surface area contributed by atoms with E-state index in [9.17, 15) is 9.59 Å². The molecule has 7 heteroatoms. The summed E-state index contributed by atoms with van der Waals surface area (Å²) in [5, 5.41) is 4.38. The number of nitrogens with one attached hydrogen (secondary N) is 1. The van der Waals surface area contributed by atoms with Crippen molar-refractivity contribution >= 4 is 46.6 Å². The van der Waals surface area contributed by atoms with Crippen molar-refractivity contribution in [2.24, 2.45) is 5.92 Å². The number of rotatable bonds is 10. The van der Waals surface area contributed by atoms with E-state index in [1.54, 1.807) is 29.2 Å². The smallest absolute Gasteiger partial charge is 0.243 e. The van der Waals surface area contributed by atoms with Crippen LogP contribution in [0.25, 0.3) is 0 Å². The Morgan fingerprint density at radius 2 is 1.43 bits per heavy atom. The predicted octanol–water partition coefficient (Wildman–Crippen LogP) is 6.60. The molecule has 0 fully saturated rings. The minimum atomic E-state index is -0.765. The SMILES string of the molecule is CC(C)CNC(=O)[C@H](Cc1ccccc1)N(Cc1c(Cl)cccc1Cl)C(=O)Cc1ccccc1Cl. The number of nitrogens with zero attached hydrogens (tertiary/aromatic N) is 1. The lowest BCUT2D eigenvalue weighted by Crippen LogP contribution is -2.51. The van der Waals surface area contributed by atoms with E-state index < -0.39 is 6.04 Å². The van der Waals surface area contributed by atoms with Crippen molar-refractivity contribution in [3.8, 4) is 0 Å². The Morgan fingerprint density at radius 1 is 0.829 bits per heavy atom. The minimum Gasteiger partial charge on any atom is -0.354 e. The second kappa shape index (κ2) is 13.0. The summed E-state index contributed by atoms with van der Waals surface area (Å²) >= 11 is 19.3. The third kappa shape index (κ3) is 7.73. The Labute approximate surface area is 222 Å². The molecule has 0 aliphatic carbocycles. The van der Waals surface area contributed by atoms with Crippen LogP contribution in [0.15, 0.2) is 72.8 Å². The minimum absolute atomic E-state index is 0.0461. The Bertz CT molecular complexity index is 1130. The van der Waals surface area contributed by atoms with Crippen LogP contribution in [-0.2, 0) is 29.0 Å². The molecule has 1 N–H and O–H groups in total. The molecule has 0 aromatic heterocycles. The lowest BCUT2D eigenvalue weighted by atomic mass is 10.0. The zero-order valence-electron chi connectivity index (χ0n) is 19.8. The van der Waals surface area contributed by atoms with Gasteiger partial charge in [0, 0.05) is 40.1 Å². The van der Waals surface area contributed by atoms with E-state index in [0.29, 0.717) is 39.2 Å². The number of hydrogen-bond donors (Lipinski definition) is 1. The van der Waals surface area contributed by atoms with Crippen molar-refractivity contribution in [2.75, 3.05) is 6.54 Å². The second-order valence-electron chi connectivity index (χ2n) is 8.83. The first-order valence-electron chi connectivity index (χ1n) is 11.5. The Hall–Kier alpha value is -2.53. The summed E-state index contributed by atoms with van der Waals surface area (Å²) < 4.78 is 0. The molecular weight excluding hydrogens is 503 g/mol. The first-order valence-corrected chi connectivity index (χ1v) is 12.7. The molecule has 0 heterocycles. The topological polar surface area (TPSA) is 49.4 Å². The van der Waals surface area contributed by atoms with Gasteiger partial charge in [-0.2, -0.15) is 0 Å². The van der Waals surface area contributed by atoms with E-state index in [-0.39, 0.29) is 30.7 Å². The molecule has 4 nitrogen and oxygen atoms in total. The first kappa shape index (κ1) is 27.1. The predicted molar refractivity (Wildman–Crippen MR) is 144 cm³/mol. The van der Waals surface area contributed by atoms with Gasteiger partial charge in [-0.25, -0.2) is 0 Å². The van der Waals surface area contributed by atoms with Gasteiger partial charge in [-0.3, -0.25) is 9.59 Å². The molecule has 0 unspecified atom stereocenters. The lowest BCUT2D eigenvalue weighted by molar-refractivity contribution is -0.140. The molecule has 0 saturated heterocycles. The van der Waals surface area contributed by atoms with Gasteiger partial charge in [0.15, 0.2) is 0 Å². The second-order valence-corrected chi connectivity index (χ2v) is 10.1. The Morgan fingerprint density at radius 3 is 2.06 bits per heavy atom. The molecular formula is C28H29Cl3N2O2. The molecule has 0 aliphatic heterocycles. The fraction of sp³-hybridized carbons (Fsp3) is 0.286. The van der Waals surface area contributed by atoms with Gasteiger partial charge in [0.05, 0.1) is 6.42 Å². The summed E-state index contributed by atoms with van der Waals surface area (Å²) in [4.78, 5) is 28.8. The standard InChI is InChI=1S/C28H29Cl3N2O2/c1-19(2)17-32-28(35)26(15-20-9-4-3-5-10-20)33(18-22-24(30)13-8-14-25(22)31)27(34)16-21-11-6-7-12-23(21)29/h3-14,19,26H,15-18H2,1-2H3,(H,32,35)/t26-/m0/s1. The highest BCUT2D eigenvalue weighted by molar-refractivity contribution is 6.36.